The van der Waals surface area contributed by atoms with Crippen molar-refractivity contribution >= 4 is 22.9 Å². The number of pyridine rings is 1. The summed E-state index contributed by atoms with van der Waals surface area (Å²) in [5, 5.41) is 8.76. The number of anilines is 1. The Balaban J connectivity index is 1.87. The fraction of sp³-hybridized carbons (Fsp3) is 0.308. The van der Waals surface area contributed by atoms with Crippen LogP contribution in [-0.2, 0) is 0 Å². The topological polar surface area (TPSA) is 55.1 Å². The molecule has 0 aliphatic rings. The van der Waals surface area contributed by atoms with Gasteiger partial charge in [0.15, 0.2) is 5.65 Å². The molecule has 0 aliphatic heterocycles. The fourth-order valence-corrected chi connectivity index (χ4v) is 2.70. The minimum absolute atomic E-state index is 0.108. The Morgan fingerprint density at radius 3 is 2.89 bits per heavy atom. The van der Waals surface area contributed by atoms with Gasteiger partial charge < -0.3 is 5.32 Å². The van der Waals surface area contributed by atoms with Crippen LogP contribution in [0.2, 0.25) is 0 Å². The van der Waals surface area contributed by atoms with Gasteiger partial charge in [0.05, 0.1) is 6.04 Å². The van der Waals surface area contributed by atoms with Crippen molar-refractivity contribution in [3.63, 3.8) is 0 Å². The van der Waals surface area contributed by atoms with Crippen LogP contribution >= 0.6 is 11.3 Å². The molecule has 6 heteroatoms. The van der Waals surface area contributed by atoms with Crippen LogP contribution in [0.15, 0.2) is 24.5 Å². The second-order valence-corrected chi connectivity index (χ2v) is 5.84. The maximum absolute atomic E-state index is 4.50. The molecule has 3 heterocycles. The molecule has 0 fully saturated rings. The first-order valence-corrected chi connectivity index (χ1v) is 6.96. The van der Waals surface area contributed by atoms with Crippen molar-refractivity contribution in [1.29, 1.82) is 0 Å². The van der Waals surface area contributed by atoms with E-state index in [2.05, 4.69) is 34.2 Å². The minimum Gasteiger partial charge on any atom is -0.344 e. The molecule has 0 saturated carbocycles. The van der Waals surface area contributed by atoms with Gasteiger partial charge in [-0.15, -0.1) is 16.4 Å². The molecule has 0 amide bonds. The second kappa shape index (κ2) is 4.62. The van der Waals surface area contributed by atoms with Crippen LogP contribution in [0, 0.1) is 13.8 Å². The number of rotatable bonds is 3. The molecule has 0 spiro atoms. The van der Waals surface area contributed by atoms with E-state index in [1.165, 1.54) is 4.88 Å². The summed E-state index contributed by atoms with van der Waals surface area (Å²) >= 11 is 1.69. The van der Waals surface area contributed by atoms with Crippen molar-refractivity contribution in [2.24, 2.45) is 0 Å². The molecule has 0 aliphatic carbocycles. The molecular weight excluding hydrogens is 258 g/mol. The van der Waals surface area contributed by atoms with Gasteiger partial charge in [-0.2, -0.15) is 4.98 Å². The Hall–Kier alpha value is -1.95. The van der Waals surface area contributed by atoms with Crippen molar-refractivity contribution in [3.8, 4) is 0 Å². The van der Waals surface area contributed by atoms with Crippen molar-refractivity contribution in [2.75, 3.05) is 5.32 Å². The molecule has 0 saturated heterocycles. The smallest absolute Gasteiger partial charge is 0.243 e. The lowest BCUT2D eigenvalue weighted by Crippen LogP contribution is -2.07. The fourth-order valence-electron chi connectivity index (χ4n) is 1.93. The van der Waals surface area contributed by atoms with E-state index in [1.807, 2.05) is 31.5 Å². The van der Waals surface area contributed by atoms with Crippen LogP contribution < -0.4 is 5.32 Å². The molecule has 0 bridgehead atoms. The van der Waals surface area contributed by atoms with Crippen LogP contribution in [0.25, 0.3) is 5.65 Å². The van der Waals surface area contributed by atoms with Gasteiger partial charge in [0.2, 0.25) is 5.95 Å². The molecule has 0 radical (unpaired) electrons. The van der Waals surface area contributed by atoms with Crippen LogP contribution in [0.4, 0.5) is 5.95 Å². The predicted octanol–water partition coefficient (Wildman–Crippen LogP) is 2.98. The molecule has 98 valence electrons. The third kappa shape index (κ3) is 2.31. The summed E-state index contributed by atoms with van der Waals surface area (Å²) in [5.41, 5.74) is 1.99. The van der Waals surface area contributed by atoms with Crippen molar-refractivity contribution in [1.82, 2.24) is 19.6 Å². The zero-order valence-corrected chi connectivity index (χ0v) is 11.9. The minimum atomic E-state index is 0.108. The summed E-state index contributed by atoms with van der Waals surface area (Å²) < 4.78 is 1.79. The van der Waals surface area contributed by atoms with Gasteiger partial charge in [0.1, 0.15) is 5.01 Å². The summed E-state index contributed by atoms with van der Waals surface area (Å²) in [6.07, 6.45) is 3.79. The van der Waals surface area contributed by atoms with Crippen molar-refractivity contribution in [3.05, 3.63) is 40.0 Å². The van der Waals surface area contributed by atoms with Crippen LogP contribution in [0.5, 0.6) is 0 Å². The highest BCUT2D eigenvalue weighted by Gasteiger charge is 2.12. The summed E-state index contributed by atoms with van der Waals surface area (Å²) in [6.45, 7) is 6.15. The van der Waals surface area contributed by atoms with Gasteiger partial charge in [-0.05, 0) is 32.4 Å². The highest BCUT2D eigenvalue weighted by molar-refractivity contribution is 7.11. The summed E-state index contributed by atoms with van der Waals surface area (Å²) in [6, 6.07) is 4.10. The lowest BCUT2D eigenvalue weighted by molar-refractivity contribution is 0.842. The quantitative estimate of drug-likeness (QED) is 0.797. The van der Waals surface area contributed by atoms with E-state index in [-0.39, 0.29) is 6.04 Å². The summed E-state index contributed by atoms with van der Waals surface area (Å²) in [4.78, 5) is 10.1. The number of hydrogen-bond donors (Lipinski definition) is 1. The number of aryl methyl sites for hydroxylation is 2. The monoisotopic (exact) mass is 273 g/mol. The van der Waals surface area contributed by atoms with E-state index in [0.29, 0.717) is 5.95 Å². The third-order valence-corrected chi connectivity index (χ3v) is 4.01. The second-order valence-electron chi connectivity index (χ2n) is 4.57. The summed E-state index contributed by atoms with van der Waals surface area (Å²) in [5.74, 6) is 0.634. The number of nitrogens with zero attached hydrogens (tertiary/aromatic N) is 4. The standard InChI is InChI=1S/C13H15N5S/c1-8-5-4-6-18-11(8)16-13(17-18)15-10(3)12-14-7-9(2)19-12/h4-7,10H,1-3H3,(H,15,17). The van der Waals surface area contributed by atoms with Gasteiger partial charge in [-0.3, -0.25) is 0 Å². The molecule has 1 N–H and O–H groups in total. The summed E-state index contributed by atoms with van der Waals surface area (Å²) in [7, 11) is 0. The average molecular weight is 273 g/mol. The third-order valence-electron chi connectivity index (χ3n) is 2.91. The number of hydrogen-bond acceptors (Lipinski definition) is 5. The molecule has 19 heavy (non-hydrogen) atoms. The SMILES string of the molecule is Cc1cnc(C(C)Nc2nc3c(C)cccn3n2)s1. The zero-order valence-electron chi connectivity index (χ0n) is 11.1. The van der Waals surface area contributed by atoms with Gasteiger partial charge in [0.25, 0.3) is 0 Å². The Morgan fingerprint density at radius 1 is 1.37 bits per heavy atom. The van der Waals surface area contributed by atoms with Gasteiger partial charge in [-0.25, -0.2) is 9.50 Å². The van der Waals surface area contributed by atoms with E-state index in [0.717, 1.165) is 16.2 Å². The Kier molecular flexibility index (Phi) is 2.94. The molecule has 1 atom stereocenters. The predicted molar refractivity (Wildman–Crippen MR) is 76.6 cm³/mol. The molecular formula is C13H15N5S. The van der Waals surface area contributed by atoms with Gasteiger partial charge in [-0.1, -0.05) is 6.07 Å². The largest absolute Gasteiger partial charge is 0.344 e. The average Bonchev–Trinajstić information content (AvgIpc) is 2.96. The Bertz CT molecular complexity index is 715. The highest BCUT2D eigenvalue weighted by atomic mass is 32.1. The van der Waals surface area contributed by atoms with E-state index in [9.17, 15) is 0 Å². The molecule has 1 unspecified atom stereocenters. The number of aromatic nitrogens is 4. The van der Waals surface area contributed by atoms with Gasteiger partial charge >= 0.3 is 0 Å². The van der Waals surface area contributed by atoms with Crippen molar-refractivity contribution < 1.29 is 0 Å². The molecule has 3 aromatic rings. The van der Waals surface area contributed by atoms with Gasteiger partial charge in [0, 0.05) is 17.3 Å². The van der Waals surface area contributed by atoms with Crippen LogP contribution in [0.3, 0.4) is 0 Å². The first kappa shape index (κ1) is 12.1. The molecule has 0 aromatic carbocycles. The van der Waals surface area contributed by atoms with Crippen molar-refractivity contribution in [2.45, 2.75) is 26.8 Å². The first-order valence-electron chi connectivity index (χ1n) is 6.14. The maximum Gasteiger partial charge on any atom is 0.243 e. The maximum atomic E-state index is 4.50. The van der Waals surface area contributed by atoms with Crippen LogP contribution in [-0.4, -0.2) is 19.6 Å². The molecule has 3 aromatic heterocycles. The van der Waals surface area contributed by atoms with E-state index >= 15 is 0 Å². The van der Waals surface area contributed by atoms with E-state index in [4.69, 9.17) is 0 Å². The number of fused-ring (bicyclic) bond motifs is 1. The number of thiazole rings is 1. The molecule has 5 nitrogen and oxygen atoms in total. The normalized spacial score (nSPS) is 12.8. The van der Waals surface area contributed by atoms with E-state index < -0.39 is 0 Å². The first-order chi connectivity index (χ1) is 9.13. The molecule has 3 rings (SSSR count). The lowest BCUT2D eigenvalue weighted by atomic mass is 10.3. The zero-order chi connectivity index (χ0) is 13.4. The number of nitrogens with one attached hydrogen (secondary N) is 1. The van der Waals surface area contributed by atoms with Crippen LogP contribution in [0.1, 0.15) is 28.4 Å². The lowest BCUT2D eigenvalue weighted by Gasteiger charge is -2.07. The highest BCUT2D eigenvalue weighted by Crippen LogP contribution is 2.22. The van der Waals surface area contributed by atoms with E-state index in [1.54, 1.807) is 15.9 Å². The Labute approximate surface area is 115 Å². The Morgan fingerprint density at radius 2 is 2.21 bits per heavy atom.